The summed E-state index contributed by atoms with van der Waals surface area (Å²) in [6.07, 6.45) is 1.62. The van der Waals surface area contributed by atoms with Crippen LogP contribution >= 0.6 is 0 Å². The Hall–Kier alpha value is -1.58. The molecule has 0 aliphatic carbocycles. The molecule has 1 aromatic rings. The molecule has 0 fully saturated rings. The minimum absolute atomic E-state index is 0.437. The molecule has 0 radical (unpaired) electrons. The van der Waals surface area contributed by atoms with Crippen molar-refractivity contribution < 1.29 is 9.94 Å². The van der Waals surface area contributed by atoms with Crippen molar-refractivity contribution in [2.45, 2.75) is 6.92 Å². The Bertz CT molecular complexity index is 297. The largest absolute Gasteiger partial charge is 0.494 e. The van der Waals surface area contributed by atoms with Crippen LogP contribution in [0.3, 0.4) is 0 Å². The standard InChI is InChI=1S/C8H10N2O2/c1-6(10-11)8-7(12-2)4-3-5-9-8/h3-5,11H,1-2H3/b10-6-. The summed E-state index contributed by atoms with van der Waals surface area (Å²) >= 11 is 0. The first kappa shape index (κ1) is 8.52. The smallest absolute Gasteiger partial charge is 0.146 e. The zero-order valence-electron chi connectivity index (χ0n) is 6.98. The topological polar surface area (TPSA) is 54.7 Å². The first-order valence-electron chi connectivity index (χ1n) is 3.47. The van der Waals surface area contributed by atoms with Gasteiger partial charge in [0.25, 0.3) is 0 Å². The number of ether oxygens (including phenoxy) is 1. The summed E-state index contributed by atoms with van der Waals surface area (Å²) < 4.78 is 5.01. The van der Waals surface area contributed by atoms with E-state index in [-0.39, 0.29) is 0 Å². The number of hydrogen-bond donors (Lipinski definition) is 1. The van der Waals surface area contributed by atoms with Gasteiger partial charge in [0.05, 0.1) is 7.11 Å². The Morgan fingerprint density at radius 3 is 3.00 bits per heavy atom. The Balaban J connectivity index is 3.13. The summed E-state index contributed by atoms with van der Waals surface area (Å²) in [4.78, 5) is 4.00. The van der Waals surface area contributed by atoms with Gasteiger partial charge in [0.15, 0.2) is 0 Å². The maximum atomic E-state index is 8.50. The van der Waals surface area contributed by atoms with Crippen molar-refractivity contribution in [2.75, 3.05) is 7.11 Å². The molecule has 1 aromatic heterocycles. The number of nitrogens with zero attached hydrogens (tertiary/aromatic N) is 2. The number of hydrogen-bond acceptors (Lipinski definition) is 4. The average molecular weight is 166 g/mol. The maximum Gasteiger partial charge on any atom is 0.146 e. The normalized spacial score (nSPS) is 11.3. The third-order valence-corrected chi connectivity index (χ3v) is 1.48. The van der Waals surface area contributed by atoms with Crippen molar-refractivity contribution in [1.29, 1.82) is 0 Å². The van der Waals surface area contributed by atoms with Gasteiger partial charge in [0.1, 0.15) is 17.2 Å². The van der Waals surface area contributed by atoms with E-state index in [1.807, 2.05) is 0 Å². The average Bonchev–Trinajstić information content (AvgIpc) is 2.16. The second kappa shape index (κ2) is 3.71. The van der Waals surface area contributed by atoms with Crippen LogP contribution in [0, 0.1) is 0 Å². The third-order valence-electron chi connectivity index (χ3n) is 1.48. The first-order valence-corrected chi connectivity index (χ1v) is 3.47. The third kappa shape index (κ3) is 1.53. The highest BCUT2D eigenvalue weighted by Gasteiger charge is 2.05. The van der Waals surface area contributed by atoms with Crippen molar-refractivity contribution in [3.63, 3.8) is 0 Å². The molecule has 64 valence electrons. The van der Waals surface area contributed by atoms with Gasteiger partial charge in [-0.2, -0.15) is 0 Å². The lowest BCUT2D eigenvalue weighted by molar-refractivity contribution is 0.318. The monoisotopic (exact) mass is 166 g/mol. The Morgan fingerprint density at radius 2 is 2.42 bits per heavy atom. The molecule has 0 spiro atoms. The van der Waals surface area contributed by atoms with Gasteiger partial charge >= 0.3 is 0 Å². The molecule has 0 unspecified atom stereocenters. The van der Waals surface area contributed by atoms with Gasteiger partial charge in [-0.25, -0.2) is 0 Å². The predicted molar refractivity (Wildman–Crippen MR) is 44.8 cm³/mol. The highest BCUT2D eigenvalue weighted by atomic mass is 16.5. The zero-order chi connectivity index (χ0) is 8.97. The van der Waals surface area contributed by atoms with Crippen LogP contribution in [0.1, 0.15) is 12.6 Å². The van der Waals surface area contributed by atoms with E-state index >= 15 is 0 Å². The fourth-order valence-corrected chi connectivity index (χ4v) is 0.874. The van der Waals surface area contributed by atoms with E-state index in [1.54, 1.807) is 32.4 Å². The van der Waals surface area contributed by atoms with Crippen molar-refractivity contribution in [3.05, 3.63) is 24.0 Å². The van der Waals surface area contributed by atoms with E-state index < -0.39 is 0 Å². The molecule has 4 heteroatoms. The van der Waals surface area contributed by atoms with Crippen LogP contribution in [-0.4, -0.2) is 23.0 Å². The van der Waals surface area contributed by atoms with Crippen LogP contribution in [0.15, 0.2) is 23.5 Å². The number of aromatic nitrogens is 1. The maximum absolute atomic E-state index is 8.50. The summed E-state index contributed by atoms with van der Waals surface area (Å²) in [6.45, 7) is 1.66. The van der Waals surface area contributed by atoms with Crippen molar-refractivity contribution in [3.8, 4) is 5.75 Å². The second-order valence-electron chi connectivity index (χ2n) is 2.24. The minimum Gasteiger partial charge on any atom is -0.494 e. The zero-order valence-corrected chi connectivity index (χ0v) is 6.98. The Labute approximate surface area is 70.5 Å². The molecule has 0 aliphatic rings. The second-order valence-corrected chi connectivity index (χ2v) is 2.24. The molecule has 4 nitrogen and oxygen atoms in total. The predicted octanol–water partition coefficient (Wildman–Crippen LogP) is 1.29. The quantitative estimate of drug-likeness (QED) is 0.409. The molecule has 0 bridgehead atoms. The molecule has 0 saturated heterocycles. The van der Waals surface area contributed by atoms with E-state index in [0.717, 1.165) is 0 Å². The number of oxime groups is 1. The summed E-state index contributed by atoms with van der Waals surface area (Å²) in [7, 11) is 1.55. The lowest BCUT2D eigenvalue weighted by Crippen LogP contribution is -2.01. The Morgan fingerprint density at radius 1 is 1.67 bits per heavy atom. The number of pyridine rings is 1. The lowest BCUT2D eigenvalue weighted by Gasteiger charge is -2.03. The van der Waals surface area contributed by atoms with Crippen LogP contribution in [0.4, 0.5) is 0 Å². The summed E-state index contributed by atoms with van der Waals surface area (Å²) in [5, 5.41) is 11.5. The van der Waals surface area contributed by atoms with Gasteiger partial charge in [0.2, 0.25) is 0 Å². The van der Waals surface area contributed by atoms with E-state index in [0.29, 0.717) is 17.2 Å². The highest BCUT2D eigenvalue weighted by molar-refractivity contribution is 5.98. The van der Waals surface area contributed by atoms with Crippen molar-refractivity contribution in [1.82, 2.24) is 4.98 Å². The van der Waals surface area contributed by atoms with Crippen molar-refractivity contribution >= 4 is 5.71 Å². The molecule has 0 aromatic carbocycles. The van der Waals surface area contributed by atoms with E-state index in [2.05, 4.69) is 10.1 Å². The lowest BCUT2D eigenvalue weighted by atomic mass is 10.2. The van der Waals surface area contributed by atoms with Crippen molar-refractivity contribution in [2.24, 2.45) is 5.16 Å². The van der Waals surface area contributed by atoms with Crippen LogP contribution in [-0.2, 0) is 0 Å². The molecule has 12 heavy (non-hydrogen) atoms. The summed E-state index contributed by atoms with van der Waals surface area (Å²) in [5.74, 6) is 0.604. The van der Waals surface area contributed by atoms with Gasteiger partial charge in [-0.3, -0.25) is 4.98 Å². The van der Waals surface area contributed by atoms with Gasteiger partial charge < -0.3 is 9.94 Å². The SMILES string of the molecule is COc1cccnc1/C(C)=N\O. The minimum atomic E-state index is 0.437. The van der Waals surface area contributed by atoms with Crippen LogP contribution < -0.4 is 4.74 Å². The summed E-state index contributed by atoms with van der Waals surface area (Å²) in [5.41, 5.74) is 0.995. The first-order chi connectivity index (χ1) is 5.79. The number of methoxy groups -OCH3 is 1. The van der Waals surface area contributed by atoms with Crippen LogP contribution in [0.25, 0.3) is 0 Å². The van der Waals surface area contributed by atoms with Crippen LogP contribution in [0.2, 0.25) is 0 Å². The molecule has 0 amide bonds. The van der Waals surface area contributed by atoms with Crippen LogP contribution in [0.5, 0.6) is 5.75 Å². The molecule has 0 aliphatic heterocycles. The molecule has 0 atom stereocenters. The van der Waals surface area contributed by atoms with Gasteiger partial charge in [-0.05, 0) is 19.1 Å². The molecular weight excluding hydrogens is 156 g/mol. The molecule has 0 saturated carbocycles. The molecule has 1 heterocycles. The van der Waals surface area contributed by atoms with Gasteiger partial charge in [-0.1, -0.05) is 5.16 Å². The fourth-order valence-electron chi connectivity index (χ4n) is 0.874. The fraction of sp³-hybridized carbons (Fsp3) is 0.250. The molecular formula is C8H10N2O2. The van der Waals surface area contributed by atoms with E-state index in [9.17, 15) is 0 Å². The van der Waals surface area contributed by atoms with E-state index in [4.69, 9.17) is 9.94 Å². The molecule has 1 rings (SSSR count). The van der Waals surface area contributed by atoms with Gasteiger partial charge in [-0.15, -0.1) is 0 Å². The highest BCUT2D eigenvalue weighted by Crippen LogP contribution is 2.14. The number of rotatable bonds is 2. The van der Waals surface area contributed by atoms with Gasteiger partial charge in [0, 0.05) is 6.20 Å². The Kier molecular flexibility index (Phi) is 2.63. The molecule has 1 N–H and O–H groups in total. The van der Waals surface area contributed by atoms with E-state index in [1.165, 1.54) is 0 Å². The summed E-state index contributed by atoms with van der Waals surface area (Å²) in [6, 6.07) is 3.52.